The summed E-state index contributed by atoms with van der Waals surface area (Å²) in [6, 6.07) is 11.5. The van der Waals surface area contributed by atoms with Gasteiger partial charge in [-0.25, -0.2) is 4.39 Å². The standard InChI is InChI=1S/C23H21ClFN3O/c1-14-12-23(2,3)28(4)21-11-20(25)15(10-19(14)21)9-16(13-26)22(29)27-18-7-5-17(24)6-8-18/h5-12H,1-4H3,(H,27,29)/b16-9+. The van der Waals surface area contributed by atoms with Crippen molar-refractivity contribution in [3.8, 4) is 6.07 Å². The molecule has 0 spiro atoms. The summed E-state index contributed by atoms with van der Waals surface area (Å²) in [7, 11) is 1.91. The number of hydrogen-bond donors (Lipinski definition) is 1. The number of fused-ring (bicyclic) bond motifs is 1. The summed E-state index contributed by atoms with van der Waals surface area (Å²) in [4.78, 5) is 14.5. The van der Waals surface area contributed by atoms with E-state index in [1.807, 2.05) is 24.9 Å². The highest BCUT2D eigenvalue weighted by Crippen LogP contribution is 2.39. The van der Waals surface area contributed by atoms with Crippen molar-refractivity contribution in [3.63, 3.8) is 0 Å². The predicted molar refractivity (Wildman–Crippen MR) is 116 cm³/mol. The lowest BCUT2D eigenvalue weighted by molar-refractivity contribution is -0.112. The molecule has 1 aliphatic heterocycles. The van der Waals surface area contributed by atoms with E-state index in [0.29, 0.717) is 10.7 Å². The van der Waals surface area contributed by atoms with E-state index in [0.717, 1.165) is 16.8 Å². The zero-order valence-corrected chi connectivity index (χ0v) is 17.4. The third kappa shape index (κ3) is 4.18. The predicted octanol–water partition coefficient (Wildman–Crippen LogP) is 5.66. The molecule has 148 valence electrons. The Labute approximate surface area is 174 Å². The Kier molecular flexibility index (Phi) is 5.50. The maximum Gasteiger partial charge on any atom is 0.266 e. The van der Waals surface area contributed by atoms with Gasteiger partial charge in [-0.2, -0.15) is 5.26 Å². The molecule has 2 aromatic rings. The molecule has 0 fully saturated rings. The van der Waals surface area contributed by atoms with Crippen LogP contribution in [-0.4, -0.2) is 18.5 Å². The first-order valence-electron chi connectivity index (χ1n) is 9.08. The van der Waals surface area contributed by atoms with Crippen LogP contribution in [0.25, 0.3) is 11.6 Å². The maximum atomic E-state index is 14.8. The molecule has 2 aromatic carbocycles. The number of rotatable bonds is 3. The van der Waals surface area contributed by atoms with E-state index in [2.05, 4.69) is 25.2 Å². The van der Waals surface area contributed by atoms with Crippen molar-refractivity contribution in [3.05, 3.63) is 70.0 Å². The number of nitrogens with one attached hydrogen (secondary N) is 1. The molecule has 1 heterocycles. The summed E-state index contributed by atoms with van der Waals surface area (Å²) in [5, 5.41) is 12.6. The van der Waals surface area contributed by atoms with E-state index in [1.54, 1.807) is 30.3 Å². The average Bonchev–Trinajstić information content (AvgIpc) is 2.66. The molecule has 1 amide bonds. The number of hydrogen-bond acceptors (Lipinski definition) is 3. The molecule has 1 N–H and O–H groups in total. The first-order valence-corrected chi connectivity index (χ1v) is 9.46. The summed E-state index contributed by atoms with van der Waals surface area (Å²) in [5.74, 6) is -1.11. The van der Waals surface area contributed by atoms with Crippen LogP contribution in [0.1, 0.15) is 31.9 Å². The van der Waals surface area contributed by atoms with Gasteiger partial charge >= 0.3 is 0 Å². The number of anilines is 2. The molecule has 0 saturated carbocycles. The highest BCUT2D eigenvalue weighted by Gasteiger charge is 2.29. The first-order chi connectivity index (χ1) is 13.6. The fourth-order valence-electron chi connectivity index (χ4n) is 3.33. The second kappa shape index (κ2) is 7.73. The molecule has 4 nitrogen and oxygen atoms in total. The minimum Gasteiger partial charge on any atom is -0.365 e. The van der Waals surface area contributed by atoms with Gasteiger partial charge in [-0.15, -0.1) is 0 Å². The van der Waals surface area contributed by atoms with Crippen molar-refractivity contribution >= 4 is 40.5 Å². The van der Waals surface area contributed by atoms with Crippen LogP contribution < -0.4 is 10.2 Å². The molecule has 0 atom stereocenters. The van der Waals surface area contributed by atoms with Crippen molar-refractivity contribution in [1.82, 2.24) is 0 Å². The Bertz CT molecular complexity index is 1080. The molecule has 0 radical (unpaired) electrons. The lowest BCUT2D eigenvalue weighted by Crippen LogP contribution is -2.42. The zero-order chi connectivity index (χ0) is 21.3. The Balaban J connectivity index is 1.96. The van der Waals surface area contributed by atoms with E-state index < -0.39 is 11.7 Å². The van der Waals surface area contributed by atoms with Gasteiger partial charge in [0, 0.05) is 34.6 Å². The maximum absolute atomic E-state index is 14.8. The van der Waals surface area contributed by atoms with Gasteiger partial charge in [-0.05, 0) is 68.8 Å². The van der Waals surface area contributed by atoms with Crippen LogP contribution in [0.4, 0.5) is 15.8 Å². The third-order valence-electron chi connectivity index (χ3n) is 5.10. The summed E-state index contributed by atoms with van der Waals surface area (Å²) < 4.78 is 14.8. The number of allylic oxidation sites excluding steroid dienone is 1. The van der Waals surface area contributed by atoms with E-state index in [4.69, 9.17) is 11.6 Å². The number of carbonyl (C=O) groups is 1. The lowest BCUT2D eigenvalue weighted by atomic mass is 9.88. The van der Waals surface area contributed by atoms with Crippen LogP contribution in [0.3, 0.4) is 0 Å². The van der Waals surface area contributed by atoms with Crippen molar-refractivity contribution < 1.29 is 9.18 Å². The Morgan fingerprint density at radius 3 is 2.55 bits per heavy atom. The van der Waals surface area contributed by atoms with Gasteiger partial charge in [0.05, 0.1) is 5.54 Å². The number of amides is 1. The van der Waals surface area contributed by atoms with E-state index in [9.17, 15) is 14.4 Å². The summed E-state index contributed by atoms with van der Waals surface area (Å²) >= 11 is 5.83. The number of nitrogens with zero attached hydrogens (tertiary/aromatic N) is 2. The minimum atomic E-state index is -0.613. The largest absolute Gasteiger partial charge is 0.365 e. The molecule has 6 heteroatoms. The van der Waals surface area contributed by atoms with Gasteiger partial charge in [-0.1, -0.05) is 17.7 Å². The minimum absolute atomic E-state index is 0.187. The molecular formula is C23H21ClFN3O. The zero-order valence-electron chi connectivity index (χ0n) is 16.7. The van der Waals surface area contributed by atoms with Crippen molar-refractivity contribution in [2.75, 3.05) is 17.3 Å². The van der Waals surface area contributed by atoms with Crippen LogP contribution in [0.5, 0.6) is 0 Å². The smallest absolute Gasteiger partial charge is 0.266 e. The Hall–Kier alpha value is -3.10. The molecule has 29 heavy (non-hydrogen) atoms. The summed E-state index contributed by atoms with van der Waals surface area (Å²) in [5.41, 5.74) is 2.91. The molecule has 0 bridgehead atoms. The quantitative estimate of drug-likeness (QED) is 0.526. The number of halogens is 2. The molecule has 0 unspecified atom stereocenters. The Morgan fingerprint density at radius 2 is 1.93 bits per heavy atom. The van der Waals surface area contributed by atoms with Crippen LogP contribution in [0, 0.1) is 17.1 Å². The van der Waals surface area contributed by atoms with Gasteiger partial charge < -0.3 is 10.2 Å². The van der Waals surface area contributed by atoms with Crippen molar-refractivity contribution in [2.24, 2.45) is 0 Å². The first kappa shape index (κ1) is 20.6. The Morgan fingerprint density at radius 1 is 1.28 bits per heavy atom. The molecule has 0 aliphatic carbocycles. The van der Waals surface area contributed by atoms with Gasteiger partial charge in [0.15, 0.2) is 0 Å². The second-order valence-electron chi connectivity index (χ2n) is 7.56. The van der Waals surface area contributed by atoms with Gasteiger partial charge in [-0.3, -0.25) is 4.79 Å². The van der Waals surface area contributed by atoms with Crippen molar-refractivity contribution in [2.45, 2.75) is 26.3 Å². The molecular weight excluding hydrogens is 389 g/mol. The number of carbonyl (C=O) groups excluding carboxylic acids is 1. The average molecular weight is 410 g/mol. The molecule has 1 aliphatic rings. The fraction of sp³-hybridized carbons (Fsp3) is 0.217. The summed E-state index contributed by atoms with van der Waals surface area (Å²) in [6.07, 6.45) is 3.38. The van der Waals surface area contributed by atoms with Crippen LogP contribution in [0.2, 0.25) is 5.02 Å². The lowest BCUT2D eigenvalue weighted by Gasteiger charge is -2.40. The van der Waals surface area contributed by atoms with Crippen LogP contribution >= 0.6 is 11.6 Å². The van der Waals surface area contributed by atoms with Crippen LogP contribution in [-0.2, 0) is 4.79 Å². The highest BCUT2D eigenvalue weighted by atomic mass is 35.5. The molecule has 0 aromatic heterocycles. The third-order valence-corrected chi connectivity index (χ3v) is 5.35. The molecule has 0 saturated heterocycles. The topological polar surface area (TPSA) is 56.1 Å². The van der Waals surface area contributed by atoms with Gasteiger partial charge in [0.2, 0.25) is 0 Å². The second-order valence-corrected chi connectivity index (χ2v) is 8.00. The number of nitriles is 1. The molecule has 3 rings (SSSR count). The monoisotopic (exact) mass is 409 g/mol. The van der Waals surface area contributed by atoms with E-state index in [1.165, 1.54) is 12.1 Å². The van der Waals surface area contributed by atoms with Gasteiger partial charge in [0.1, 0.15) is 17.5 Å². The van der Waals surface area contributed by atoms with E-state index >= 15 is 0 Å². The van der Waals surface area contributed by atoms with Gasteiger partial charge in [0.25, 0.3) is 5.91 Å². The van der Waals surface area contributed by atoms with Crippen molar-refractivity contribution in [1.29, 1.82) is 5.26 Å². The number of benzene rings is 2. The fourth-order valence-corrected chi connectivity index (χ4v) is 3.46. The SMILES string of the molecule is CC1=CC(C)(C)N(C)c2cc(F)c(/C=C(\C#N)C(=O)Nc3ccc(Cl)cc3)cc21. The number of likely N-dealkylation sites (N-methyl/N-ethyl adjacent to an activating group) is 1. The highest BCUT2D eigenvalue weighted by molar-refractivity contribution is 6.30. The summed E-state index contributed by atoms with van der Waals surface area (Å²) in [6.45, 7) is 6.08. The normalized spacial score (nSPS) is 15.3. The van der Waals surface area contributed by atoms with E-state index in [-0.39, 0.29) is 16.7 Å². The van der Waals surface area contributed by atoms with Crippen LogP contribution in [0.15, 0.2) is 48.0 Å².